The molecule has 5 rings (SSSR count). The Kier molecular flexibility index (Phi) is 9.98. The van der Waals surface area contributed by atoms with Gasteiger partial charge in [-0.1, -0.05) is 91.0 Å². The summed E-state index contributed by atoms with van der Waals surface area (Å²) >= 11 is 0. The SMILES string of the molecule is Cc1ccccc1CN(C(=O)n1c(=O)c2cccc(C(=O)OC(c3ccccc3)c3ccccc3)c2n1CC(=O)OC(C)(C)C)C(C)C. The number of benzene rings is 4. The second-order valence-corrected chi connectivity index (χ2v) is 13.0. The highest BCUT2D eigenvalue weighted by atomic mass is 16.6. The predicted molar refractivity (Wildman–Crippen MR) is 185 cm³/mol. The summed E-state index contributed by atoms with van der Waals surface area (Å²) in [7, 11) is 0. The first-order chi connectivity index (χ1) is 22.9. The molecule has 0 fully saturated rings. The van der Waals surface area contributed by atoms with E-state index in [-0.39, 0.29) is 29.1 Å². The first-order valence-electron chi connectivity index (χ1n) is 16.0. The number of rotatable bonds is 9. The average molecular weight is 648 g/mol. The van der Waals surface area contributed by atoms with Crippen molar-refractivity contribution in [2.45, 2.75) is 72.4 Å². The monoisotopic (exact) mass is 647 g/mol. The van der Waals surface area contributed by atoms with Gasteiger partial charge < -0.3 is 14.4 Å². The molecule has 248 valence electrons. The van der Waals surface area contributed by atoms with Crippen LogP contribution < -0.4 is 5.56 Å². The van der Waals surface area contributed by atoms with Gasteiger partial charge in [0.15, 0.2) is 6.10 Å². The van der Waals surface area contributed by atoms with Crippen molar-refractivity contribution in [3.8, 4) is 0 Å². The van der Waals surface area contributed by atoms with Crippen LogP contribution in [0.5, 0.6) is 0 Å². The minimum Gasteiger partial charge on any atom is -0.459 e. The quantitative estimate of drug-likeness (QED) is 0.156. The van der Waals surface area contributed by atoms with E-state index in [1.165, 1.54) is 16.8 Å². The van der Waals surface area contributed by atoms with Crippen LogP contribution in [0.25, 0.3) is 10.9 Å². The van der Waals surface area contributed by atoms with Crippen LogP contribution in [0, 0.1) is 6.92 Å². The average Bonchev–Trinajstić information content (AvgIpc) is 3.33. The van der Waals surface area contributed by atoms with E-state index in [1.807, 2.05) is 106 Å². The molecule has 0 saturated carbocycles. The summed E-state index contributed by atoms with van der Waals surface area (Å²) in [5, 5.41) is 0.0944. The molecule has 1 amide bonds. The lowest BCUT2D eigenvalue weighted by atomic mass is 10.0. The number of hydrogen-bond acceptors (Lipinski definition) is 6. The molecule has 48 heavy (non-hydrogen) atoms. The summed E-state index contributed by atoms with van der Waals surface area (Å²) in [6.07, 6.45) is -0.754. The highest BCUT2D eigenvalue weighted by Gasteiger charge is 2.31. The van der Waals surface area contributed by atoms with Crippen molar-refractivity contribution < 1.29 is 23.9 Å². The minimum atomic E-state index is -0.829. The summed E-state index contributed by atoms with van der Waals surface area (Å²) in [5.74, 6) is -1.40. The van der Waals surface area contributed by atoms with Crippen LogP contribution >= 0.6 is 0 Å². The van der Waals surface area contributed by atoms with Gasteiger partial charge in [-0.3, -0.25) is 14.3 Å². The Morgan fingerprint density at radius 1 is 0.792 bits per heavy atom. The normalized spacial score (nSPS) is 11.6. The lowest BCUT2D eigenvalue weighted by Gasteiger charge is -2.28. The number of nitrogens with zero attached hydrogens (tertiary/aromatic N) is 3. The standard InChI is InChI=1S/C39H41N3O6/c1-26(2)40(24-30-21-14-13-16-27(30)3)38(46)42-36(44)31-22-15-23-32(34(31)41(42)25-33(43)48-39(4,5)6)37(45)47-35(28-17-9-7-10-18-28)29-19-11-8-12-20-29/h7-23,26,35H,24-25H2,1-6H3. The Hall–Kier alpha value is -5.44. The third-order valence-corrected chi connectivity index (χ3v) is 7.96. The zero-order valence-corrected chi connectivity index (χ0v) is 28.2. The van der Waals surface area contributed by atoms with Crippen molar-refractivity contribution in [1.82, 2.24) is 14.3 Å². The minimum absolute atomic E-state index is 0.0339. The molecule has 1 aromatic heterocycles. The van der Waals surface area contributed by atoms with E-state index in [0.717, 1.165) is 26.9 Å². The number of ether oxygens (including phenoxy) is 2. The number of aromatic nitrogens is 2. The molecule has 0 radical (unpaired) electrons. The highest BCUT2D eigenvalue weighted by molar-refractivity contribution is 6.04. The van der Waals surface area contributed by atoms with Crippen molar-refractivity contribution in [3.63, 3.8) is 0 Å². The molecular weight excluding hydrogens is 606 g/mol. The van der Waals surface area contributed by atoms with Gasteiger partial charge in [-0.05, 0) is 75.9 Å². The molecule has 0 bridgehead atoms. The number of fused-ring (bicyclic) bond motifs is 1. The molecule has 0 unspecified atom stereocenters. The number of para-hydroxylation sites is 1. The molecule has 5 aromatic rings. The van der Waals surface area contributed by atoms with Crippen LogP contribution in [-0.2, 0) is 27.4 Å². The summed E-state index contributed by atoms with van der Waals surface area (Å²) in [5.41, 5.74) is 2.07. The zero-order chi connectivity index (χ0) is 34.6. The predicted octanol–water partition coefficient (Wildman–Crippen LogP) is 7.28. The number of amides is 1. The molecule has 0 aliphatic heterocycles. The maximum absolute atomic E-state index is 14.4. The van der Waals surface area contributed by atoms with Crippen LogP contribution in [0.4, 0.5) is 4.79 Å². The van der Waals surface area contributed by atoms with E-state index in [2.05, 4.69) is 0 Å². The Morgan fingerprint density at radius 2 is 1.38 bits per heavy atom. The zero-order valence-electron chi connectivity index (χ0n) is 28.2. The van der Waals surface area contributed by atoms with Gasteiger partial charge in [0.25, 0.3) is 5.56 Å². The fourth-order valence-corrected chi connectivity index (χ4v) is 5.64. The van der Waals surface area contributed by atoms with Crippen molar-refractivity contribution >= 4 is 28.9 Å². The summed E-state index contributed by atoms with van der Waals surface area (Å²) in [4.78, 5) is 57.6. The van der Waals surface area contributed by atoms with Crippen LogP contribution in [0.3, 0.4) is 0 Å². The molecule has 0 spiro atoms. The summed E-state index contributed by atoms with van der Waals surface area (Å²) in [6.45, 7) is 10.6. The summed E-state index contributed by atoms with van der Waals surface area (Å²) in [6, 6.07) is 30.1. The van der Waals surface area contributed by atoms with Gasteiger partial charge in [0, 0.05) is 12.6 Å². The third-order valence-electron chi connectivity index (χ3n) is 7.96. The maximum Gasteiger partial charge on any atom is 0.346 e. The maximum atomic E-state index is 14.4. The molecule has 0 atom stereocenters. The van der Waals surface area contributed by atoms with Crippen molar-refractivity contribution in [1.29, 1.82) is 0 Å². The lowest BCUT2D eigenvalue weighted by molar-refractivity contribution is -0.155. The van der Waals surface area contributed by atoms with E-state index in [0.29, 0.717) is 0 Å². The number of hydrogen-bond donors (Lipinski definition) is 0. The van der Waals surface area contributed by atoms with Crippen molar-refractivity contribution in [2.75, 3.05) is 0 Å². The van der Waals surface area contributed by atoms with Crippen molar-refractivity contribution in [2.24, 2.45) is 0 Å². The molecular formula is C39H41N3O6. The van der Waals surface area contributed by atoms with Gasteiger partial charge in [0.05, 0.1) is 16.5 Å². The third kappa shape index (κ3) is 7.41. The fraction of sp³-hybridized carbons (Fsp3) is 0.282. The van der Waals surface area contributed by atoms with Gasteiger partial charge in [0.2, 0.25) is 0 Å². The van der Waals surface area contributed by atoms with Crippen LogP contribution in [0.1, 0.15) is 73.3 Å². The molecule has 0 aliphatic rings. The fourth-order valence-electron chi connectivity index (χ4n) is 5.64. The first-order valence-corrected chi connectivity index (χ1v) is 16.0. The van der Waals surface area contributed by atoms with Crippen LogP contribution in [-0.4, -0.2) is 43.9 Å². The number of carbonyl (C=O) groups excluding carboxylic acids is 3. The van der Waals surface area contributed by atoms with Gasteiger partial charge in [-0.2, -0.15) is 4.68 Å². The van der Waals surface area contributed by atoms with Crippen LogP contribution in [0.15, 0.2) is 108 Å². The Balaban J connectivity index is 1.65. The van der Waals surface area contributed by atoms with Crippen LogP contribution in [0.2, 0.25) is 0 Å². The largest absolute Gasteiger partial charge is 0.459 e. The van der Waals surface area contributed by atoms with E-state index >= 15 is 0 Å². The molecule has 0 aliphatic carbocycles. The van der Waals surface area contributed by atoms with E-state index in [4.69, 9.17) is 9.47 Å². The molecule has 0 saturated heterocycles. The Bertz CT molecular complexity index is 1950. The number of aryl methyl sites for hydroxylation is 1. The van der Waals surface area contributed by atoms with Crippen molar-refractivity contribution in [3.05, 3.63) is 141 Å². The van der Waals surface area contributed by atoms with E-state index in [9.17, 15) is 19.2 Å². The van der Waals surface area contributed by atoms with Gasteiger partial charge >= 0.3 is 18.0 Å². The first kappa shape index (κ1) is 33.9. The van der Waals surface area contributed by atoms with Gasteiger partial charge in [0.1, 0.15) is 12.1 Å². The molecule has 9 heteroatoms. The smallest absolute Gasteiger partial charge is 0.346 e. The Morgan fingerprint density at radius 3 is 1.94 bits per heavy atom. The lowest BCUT2D eigenvalue weighted by Crippen LogP contribution is -2.45. The molecule has 9 nitrogen and oxygen atoms in total. The number of carbonyl (C=O) groups is 3. The highest BCUT2D eigenvalue weighted by Crippen LogP contribution is 2.29. The van der Waals surface area contributed by atoms with E-state index in [1.54, 1.807) is 31.7 Å². The second-order valence-electron chi connectivity index (χ2n) is 13.0. The van der Waals surface area contributed by atoms with E-state index < -0.39 is 41.8 Å². The topological polar surface area (TPSA) is 99.8 Å². The van der Waals surface area contributed by atoms with Gasteiger partial charge in [-0.25, -0.2) is 9.59 Å². The second kappa shape index (κ2) is 14.1. The summed E-state index contributed by atoms with van der Waals surface area (Å²) < 4.78 is 14.0. The van der Waals surface area contributed by atoms with Gasteiger partial charge in [-0.15, -0.1) is 0 Å². The molecule has 1 heterocycles. The Labute approximate surface area is 280 Å². The molecule has 0 N–H and O–H groups in total. The number of esters is 2. The molecule has 4 aromatic carbocycles.